The molecule has 2 heterocycles. The Labute approximate surface area is 177 Å². The minimum atomic E-state index is -0.340. The number of amides is 3. The van der Waals surface area contributed by atoms with Gasteiger partial charge in [0.2, 0.25) is 0 Å². The Bertz CT molecular complexity index is 686. The van der Waals surface area contributed by atoms with Crippen LogP contribution in [-0.4, -0.2) is 73.3 Å². The van der Waals surface area contributed by atoms with Gasteiger partial charge < -0.3 is 24.6 Å². The molecular weight excluding hydrogens is 389 g/mol. The Morgan fingerprint density at radius 2 is 1.77 bits per heavy atom. The quantitative estimate of drug-likeness (QED) is 0.735. The molecule has 2 saturated heterocycles. The summed E-state index contributed by atoms with van der Waals surface area (Å²) in [5, 5.41) is 3.02. The van der Waals surface area contributed by atoms with Crippen molar-refractivity contribution in [1.82, 2.24) is 15.1 Å². The standard InChI is InChI=1S/C22H32FN3O4/c1-2-11-24-22(28)26(19-9-14-29-15-10-19)18-7-12-25(13-8-18)21(27)16-30-20-5-3-17(23)4-6-20/h3-6,18-19H,2,7-16H2,1H3,(H,24,28). The van der Waals surface area contributed by atoms with E-state index in [2.05, 4.69) is 5.32 Å². The maximum atomic E-state index is 13.0. The molecule has 1 aromatic carbocycles. The molecule has 0 aliphatic carbocycles. The molecule has 3 rings (SSSR count). The molecule has 0 unspecified atom stereocenters. The summed E-state index contributed by atoms with van der Waals surface area (Å²) in [7, 11) is 0. The summed E-state index contributed by atoms with van der Waals surface area (Å²) in [6, 6.07) is 5.93. The average Bonchev–Trinajstić information content (AvgIpc) is 2.78. The first-order chi connectivity index (χ1) is 14.6. The van der Waals surface area contributed by atoms with Gasteiger partial charge in [-0.25, -0.2) is 9.18 Å². The predicted molar refractivity (Wildman–Crippen MR) is 111 cm³/mol. The molecule has 0 atom stereocenters. The van der Waals surface area contributed by atoms with Crippen LogP contribution in [0.3, 0.4) is 0 Å². The second-order valence-electron chi connectivity index (χ2n) is 7.84. The first-order valence-corrected chi connectivity index (χ1v) is 10.9. The van der Waals surface area contributed by atoms with Gasteiger partial charge >= 0.3 is 6.03 Å². The van der Waals surface area contributed by atoms with Crippen LogP contribution < -0.4 is 10.1 Å². The lowest BCUT2D eigenvalue weighted by atomic mass is 9.98. The molecule has 7 nitrogen and oxygen atoms in total. The van der Waals surface area contributed by atoms with E-state index in [4.69, 9.17) is 9.47 Å². The second kappa shape index (κ2) is 11.2. The number of likely N-dealkylation sites (tertiary alicyclic amines) is 1. The number of carbonyl (C=O) groups excluding carboxylic acids is 2. The Kier molecular flexibility index (Phi) is 8.30. The number of hydrogen-bond acceptors (Lipinski definition) is 4. The third-order valence-corrected chi connectivity index (χ3v) is 5.73. The summed E-state index contributed by atoms with van der Waals surface area (Å²) < 4.78 is 23.9. The third-order valence-electron chi connectivity index (χ3n) is 5.73. The van der Waals surface area contributed by atoms with Crippen LogP contribution in [0.15, 0.2) is 24.3 Å². The Balaban J connectivity index is 1.52. The van der Waals surface area contributed by atoms with Crippen molar-refractivity contribution < 1.29 is 23.5 Å². The molecule has 8 heteroatoms. The largest absolute Gasteiger partial charge is 0.484 e. The number of nitrogens with zero attached hydrogens (tertiary/aromatic N) is 2. The van der Waals surface area contributed by atoms with Crippen LogP contribution in [-0.2, 0) is 9.53 Å². The number of nitrogens with one attached hydrogen (secondary N) is 1. The zero-order valence-electron chi connectivity index (χ0n) is 17.6. The van der Waals surface area contributed by atoms with Crippen molar-refractivity contribution in [2.24, 2.45) is 0 Å². The van der Waals surface area contributed by atoms with E-state index in [1.165, 1.54) is 24.3 Å². The molecule has 1 aromatic rings. The van der Waals surface area contributed by atoms with Crippen molar-refractivity contribution in [3.8, 4) is 5.75 Å². The van der Waals surface area contributed by atoms with E-state index >= 15 is 0 Å². The first kappa shape index (κ1) is 22.3. The van der Waals surface area contributed by atoms with E-state index in [1.807, 2.05) is 11.8 Å². The second-order valence-corrected chi connectivity index (χ2v) is 7.84. The number of piperidine rings is 1. The molecule has 0 saturated carbocycles. The van der Waals surface area contributed by atoms with Crippen molar-refractivity contribution >= 4 is 11.9 Å². The smallest absolute Gasteiger partial charge is 0.317 e. The molecule has 0 bridgehead atoms. The van der Waals surface area contributed by atoms with Crippen LogP contribution in [0.5, 0.6) is 5.75 Å². The Hall–Kier alpha value is -2.35. The molecule has 3 amide bonds. The Morgan fingerprint density at radius 1 is 1.13 bits per heavy atom. The molecule has 2 aliphatic heterocycles. The maximum absolute atomic E-state index is 13.0. The highest BCUT2D eigenvalue weighted by molar-refractivity contribution is 5.78. The summed E-state index contributed by atoms with van der Waals surface area (Å²) in [6.45, 7) is 5.18. The lowest BCUT2D eigenvalue weighted by molar-refractivity contribution is -0.134. The number of hydrogen-bond donors (Lipinski definition) is 1. The average molecular weight is 422 g/mol. The summed E-state index contributed by atoms with van der Waals surface area (Å²) >= 11 is 0. The predicted octanol–water partition coefficient (Wildman–Crippen LogP) is 2.80. The van der Waals surface area contributed by atoms with Crippen LogP contribution >= 0.6 is 0 Å². The van der Waals surface area contributed by atoms with E-state index in [9.17, 15) is 14.0 Å². The summed E-state index contributed by atoms with van der Waals surface area (Å²) in [5.41, 5.74) is 0. The van der Waals surface area contributed by atoms with E-state index < -0.39 is 0 Å². The zero-order chi connectivity index (χ0) is 21.3. The van der Waals surface area contributed by atoms with E-state index in [1.54, 1.807) is 4.90 Å². The van der Waals surface area contributed by atoms with Gasteiger partial charge in [-0.3, -0.25) is 4.79 Å². The molecular formula is C22H32FN3O4. The van der Waals surface area contributed by atoms with Gasteiger partial charge in [0.15, 0.2) is 6.61 Å². The minimum Gasteiger partial charge on any atom is -0.484 e. The summed E-state index contributed by atoms with van der Waals surface area (Å²) in [5.74, 6) is 0.0385. The molecule has 0 spiro atoms. The van der Waals surface area contributed by atoms with Gasteiger partial charge in [-0.2, -0.15) is 0 Å². The molecule has 0 radical (unpaired) electrons. The van der Waals surface area contributed by atoms with Gasteiger partial charge in [-0.05, 0) is 56.4 Å². The summed E-state index contributed by atoms with van der Waals surface area (Å²) in [4.78, 5) is 29.1. The monoisotopic (exact) mass is 421 g/mol. The molecule has 1 N–H and O–H groups in total. The number of ether oxygens (including phenoxy) is 2. The normalized spacial score (nSPS) is 18.1. The van der Waals surface area contributed by atoms with Crippen molar-refractivity contribution in [3.63, 3.8) is 0 Å². The lowest BCUT2D eigenvalue weighted by Gasteiger charge is -2.43. The number of benzene rings is 1. The van der Waals surface area contributed by atoms with Crippen molar-refractivity contribution in [1.29, 1.82) is 0 Å². The third kappa shape index (κ3) is 6.08. The SMILES string of the molecule is CCCNC(=O)N(C1CCOCC1)C1CCN(C(=O)COc2ccc(F)cc2)CC1. The lowest BCUT2D eigenvalue weighted by Crippen LogP contribution is -2.56. The van der Waals surface area contributed by atoms with Gasteiger partial charge in [-0.1, -0.05) is 6.92 Å². The van der Waals surface area contributed by atoms with E-state index in [-0.39, 0.29) is 36.4 Å². The maximum Gasteiger partial charge on any atom is 0.317 e. The highest BCUT2D eigenvalue weighted by Gasteiger charge is 2.34. The molecule has 30 heavy (non-hydrogen) atoms. The van der Waals surface area contributed by atoms with Crippen LogP contribution in [0, 0.1) is 5.82 Å². The molecule has 166 valence electrons. The molecule has 0 aromatic heterocycles. The van der Waals surface area contributed by atoms with Crippen LogP contribution in [0.25, 0.3) is 0 Å². The number of carbonyl (C=O) groups is 2. The van der Waals surface area contributed by atoms with Crippen molar-refractivity contribution in [2.45, 2.75) is 51.1 Å². The minimum absolute atomic E-state index is 0.00632. The molecule has 2 aliphatic rings. The van der Waals surface area contributed by atoms with Crippen LogP contribution in [0.4, 0.5) is 9.18 Å². The van der Waals surface area contributed by atoms with Crippen LogP contribution in [0.1, 0.15) is 39.0 Å². The fourth-order valence-corrected chi connectivity index (χ4v) is 4.08. The van der Waals surface area contributed by atoms with Gasteiger partial charge in [0.05, 0.1) is 0 Å². The van der Waals surface area contributed by atoms with Gasteiger partial charge in [0.1, 0.15) is 11.6 Å². The van der Waals surface area contributed by atoms with Crippen molar-refractivity contribution in [3.05, 3.63) is 30.1 Å². The van der Waals surface area contributed by atoms with Gasteiger partial charge in [0, 0.05) is 44.9 Å². The van der Waals surface area contributed by atoms with Crippen molar-refractivity contribution in [2.75, 3.05) is 39.5 Å². The fourth-order valence-electron chi connectivity index (χ4n) is 4.08. The highest BCUT2D eigenvalue weighted by Crippen LogP contribution is 2.24. The van der Waals surface area contributed by atoms with E-state index in [0.29, 0.717) is 38.6 Å². The summed E-state index contributed by atoms with van der Waals surface area (Å²) in [6.07, 6.45) is 4.10. The van der Waals surface area contributed by atoms with E-state index in [0.717, 1.165) is 32.1 Å². The van der Waals surface area contributed by atoms with Gasteiger partial charge in [0.25, 0.3) is 5.91 Å². The number of rotatable bonds is 7. The topological polar surface area (TPSA) is 71.1 Å². The number of halogens is 1. The highest BCUT2D eigenvalue weighted by atomic mass is 19.1. The number of urea groups is 1. The first-order valence-electron chi connectivity index (χ1n) is 10.9. The molecule has 2 fully saturated rings. The Morgan fingerprint density at radius 3 is 2.40 bits per heavy atom. The fraction of sp³-hybridized carbons (Fsp3) is 0.636. The van der Waals surface area contributed by atoms with Crippen LogP contribution in [0.2, 0.25) is 0 Å². The zero-order valence-corrected chi connectivity index (χ0v) is 17.6. The van der Waals surface area contributed by atoms with Gasteiger partial charge in [-0.15, -0.1) is 0 Å².